The van der Waals surface area contributed by atoms with E-state index in [4.69, 9.17) is 21.1 Å². The second-order valence-corrected chi connectivity index (χ2v) is 5.60. The van der Waals surface area contributed by atoms with E-state index in [1.165, 1.54) is 12.0 Å². The monoisotopic (exact) mass is 283 g/mol. The van der Waals surface area contributed by atoms with E-state index in [0.717, 1.165) is 31.9 Å². The molecule has 106 valence electrons. The van der Waals surface area contributed by atoms with Crippen LogP contribution in [0.15, 0.2) is 18.2 Å². The van der Waals surface area contributed by atoms with Gasteiger partial charge in [-0.15, -0.1) is 0 Å². The number of benzene rings is 1. The van der Waals surface area contributed by atoms with Crippen LogP contribution >= 0.6 is 11.6 Å². The van der Waals surface area contributed by atoms with Crippen LogP contribution in [0.5, 0.6) is 5.75 Å². The number of nitrogens with one attached hydrogen (secondary N) is 1. The minimum atomic E-state index is 0.140. The summed E-state index contributed by atoms with van der Waals surface area (Å²) in [6, 6.07) is 5.94. The van der Waals surface area contributed by atoms with Gasteiger partial charge in [0.1, 0.15) is 5.75 Å². The molecule has 0 spiro atoms. The van der Waals surface area contributed by atoms with Gasteiger partial charge in [0.25, 0.3) is 0 Å². The molecule has 3 nitrogen and oxygen atoms in total. The zero-order valence-electron chi connectivity index (χ0n) is 11.6. The molecule has 1 fully saturated rings. The highest BCUT2D eigenvalue weighted by Crippen LogP contribution is 2.26. The van der Waals surface area contributed by atoms with Gasteiger partial charge in [-0.1, -0.05) is 17.7 Å². The van der Waals surface area contributed by atoms with Gasteiger partial charge in [0.05, 0.1) is 17.2 Å². The standard InChI is InChI=1S/C15H22ClNO2/c1-11(2)19-15-6-5-12(8-14(15)16)9-17-10-13-4-3-7-18-13/h5-6,8,11,13,17H,3-4,7,9-10H2,1-2H3. The van der Waals surface area contributed by atoms with E-state index < -0.39 is 0 Å². The van der Waals surface area contributed by atoms with Crippen molar-refractivity contribution < 1.29 is 9.47 Å². The lowest BCUT2D eigenvalue weighted by Gasteiger charge is -2.13. The molecule has 1 aromatic carbocycles. The fourth-order valence-electron chi connectivity index (χ4n) is 2.19. The molecule has 4 heteroatoms. The molecule has 1 atom stereocenters. The molecule has 0 bridgehead atoms. The first-order chi connectivity index (χ1) is 9.15. The molecule has 1 aromatic rings. The molecule has 1 saturated heterocycles. The lowest BCUT2D eigenvalue weighted by atomic mass is 10.2. The van der Waals surface area contributed by atoms with Crippen LogP contribution in [0, 0.1) is 0 Å². The molecule has 1 heterocycles. The lowest BCUT2D eigenvalue weighted by Crippen LogP contribution is -2.25. The molecule has 0 saturated carbocycles. The topological polar surface area (TPSA) is 30.5 Å². The zero-order chi connectivity index (χ0) is 13.7. The smallest absolute Gasteiger partial charge is 0.138 e. The van der Waals surface area contributed by atoms with Gasteiger partial charge < -0.3 is 14.8 Å². The van der Waals surface area contributed by atoms with Crippen LogP contribution < -0.4 is 10.1 Å². The Balaban J connectivity index is 1.81. The van der Waals surface area contributed by atoms with Gasteiger partial charge in [0.15, 0.2) is 0 Å². The fourth-order valence-corrected chi connectivity index (χ4v) is 2.43. The third-order valence-corrected chi connectivity index (χ3v) is 3.38. The van der Waals surface area contributed by atoms with E-state index in [2.05, 4.69) is 5.32 Å². The van der Waals surface area contributed by atoms with Gasteiger partial charge in [0, 0.05) is 19.7 Å². The van der Waals surface area contributed by atoms with Crippen LogP contribution in [0.1, 0.15) is 32.3 Å². The Kier molecular flexibility index (Phi) is 5.49. The average molecular weight is 284 g/mol. The van der Waals surface area contributed by atoms with Crippen molar-refractivity contribution in [2.75, 3.05) is 13.2 Å². The van der Waals surface area contributed by atoms with Gasteiger partial charge in [0.2, 0.25) is 0 Å². The molecule has 1 aliphatic rings. The summed E-state index contributed by atoms with van der Waals surface area (Å²) in [7, 11) is 0. The van der Waals surface area contributed by atoms with Crippen molar-refractivity contribution in [1.29, 1.82) is 0 Å². The molecular weight excluding hydrogens is 262 g/mol. The van der Waals surface area contributed by atoms with Crippen LogP contribution in [0.4, 0.5) is 0 Å². The summed E-state index contributed by atoms with van der Waals surface area (Å²) in [5.41, 5.74) is 1.17. The number of hydrogen-bond acceptors (Lipinski definition) is 3. The first kappa shape index (κ1) is 14.6. The molecule has 0 amide bonds. The Morgan fingerprint density at radius 3 is 2.95 bits per heavy atom. The van der Waals surface area contributed by atoms with Crippen molar-refractivity contribution in [3.05, 3.63) is 28.8 Å². The van der Waals surface area contributed by atoms with Gasteiger partial charge in [-0.05, 0) is 44.4 Å². The molecule has 1 aliphatic heterocycles. The Hall–Kier alpha value is -0.770. The first-order valence-electron chi connectivity index (χ1n) is 6.92. The molecule has 2 rings (SSSR count). The van der Waals surface area contributed by atoms with Gasteiger partial charge in [-0.25, -0.2) is 0 Å². The predicted octanol–water partition coefficient (Wildman–Crippen LogP) is 3.40. The summed E-state index contributed by atoms with van der Waals surface area (Å²) < 4.78 is 11.2. The van der Waals surface area contributed by atoms with E-state index >= 15 is 0 Å². The Bertz CT molecular complexity index is 403. The molecule has 0 radical (unpaired) electrons. The lowest BCUT2D eigenvalue weighted by molar-refractivity contribution is 0.110. The minimum absolute atomic E-state index is 0.140. The summed E-state index contributed by atoms with van der Waals surface area (Å²) in [5, 5.41) is 4.08. The van der Waals surface area contributed by atoms with Crippen molar-refractivity contribution >= 4 is 11.6 Å². The van der Waals surface area contributed by atoms with E-state index in [0.29, 0.717) is 11.1 Å². The number of ether oxygens (including phenoxy) is 2. The van der Waals surface area contributed by atoms with Crippen molar-refractivity contribution in [2.45, 2.75) is 45.4 Å². The second kappa shape index (κ2) is 7.13. The van der Waals surface area contributed by atoms with Gasteiger partial charge in [-0.3, -0.25) is 0 Å². The highest BCUT2D eigenvalue weighted by atomic mass is 35.5. The number of halogens is 1. The van der Waals surface area contributed by atoms with E-state index in [1.54, 1.807) is 0 Å². The molecule has 1 N–H and O–H groups in total. The largest absolute Gasteiger partial charge is 0.489 e. The third-order valence-electron chi connectivity index (χ3n) is 3.08. The summed E-state index contributed by atoms with van der Waals surface area (Å²) in [6.07, 6.45) is 2.86. The van der Waals surface area contributed by atoms with Crippen molar-refractivity contribution in [2.24, 2.45) is 0 Å². The van der Waals surface area contributed by atoms with Crippen molar-refractivity contribution in [3.63, 3.8) is 0 Å². The average Bonchev–Trinajstić information content (AvgIpc) is 2.85. The predicted molar refractivity (Wildman–Crippen MR) is 77.9 cm³/mol. The Morgan fingerprint density at radius 1 is 1.47 bits per heavy atom. The Morgan fingerprint density at radius 2 is 2.32 bits per heavy atom. The van der Waals surface area contributed by atoms with Crippen LogP contribution in [-0.4, -0.2) is 25.4 Å². The summed E-state index contributed by atoms with van der Waals surface area (Å²) in [4.78, 5) is 0. The van der Waals surface area contributed by atoms with Crippen molar-refractivity contribution in [1.82, 2.24) is 5.32 Å². The van der Waals surface area contributed by atoms with Crippen LogP contribution in [0.25, 0.3) is 0 Å². The molecule has 0 aromatic heterocycles. The maximum absolute atomic E-state index is 6.20. The van der Waals surface area contributed by atoms with E-state index in [-0.39, 0.29) is 6.10 Å². The molecule has 19 heavy (non-hydrogen) atoms. The number of hydrogen-bond donors (Lipinski definition) is 1. The summed E-state index contributed by atoms with van der Waals surface area (Å²) in [6.45, 7) is 6.60. The molecule has 1 unspecified atom stereocenters. The zero-order valence-corrected chi connectivity index (χ0v) is 12.4. The van der Waals surface area contributed by atoms with Gasteiger partial charge in [-0.2, -0.15) is 0 Å². The van der Waals surface area contributed by atoms with Gasteiger partial charge >= 0.3 is 0 Å². The molecular formula is C15H22ClNO2. The first-order valence-corrected chi connectivity index (χ1v) is 7.30. The molecule has 0 aliphatic carbocycles. The normalized spacial score (nSPS) is 19.1. The third kappa shape index (κ3) is 4.68. The van der Waals surface area contributed by atoms with Crippen molar-refractivity contribution in [3.8, 4) is 5.75 Å². The highest BCUT2D eigenvalue weighted by molar-refractivity contribution is 6.32. The van der Waals surface area contributed by atoms with E-state index in [1.807, 2.05) is 32.0 Å². The quantitative estimate of drug-likeness (QED) is 0.868. The second-order valence-electron chi connectivity index (χ2n) is 5.20. The summed E-state index contributed by atoms with van der Waals surface area (Å²) >= 11 is 6.20. The van der Waals surface area contributed by atoms with Crippen LogP contribution in [0.2, 0.25) is 5.02 Å². The Labute approximate surface area is 120 Å². The maximum Gasteiger partial charge on any atom is 0.138 e. The van der Waals surface area contributed by atoms with Crippen LogP contribution in [-0.2, 0) is 11.3 Å². The minimum Gasteiger partial charge on any atom is -0.489 e. The maximum atomic E-state index is 6.20. The highest BCUT2D eigenvalue weighted by Gasteiger charge is 2.14. The fraction of sp³-hybridized carbons (Fsp3) is 0.600. The SMILES string of the molecule is CC(C)Oc1ccc(CNCC2CCCO2)cc1Cl. The number of rotatable bonds is 6. The van der Waals surface area contributed by atoms with Crippen LogP contribution in [0.3, 0.4) is 0 Å². The van der Waals surface area contributed by atoms with E-state index in [9.17, 15) is 0 Å². The summed E-state index contributed by atoms with van der Waals surface area (Å²) in [5.74, 6) is 0.750.